The standard InChI is InChI=1S/C12H15ClFN/c13-11-6-2-1-5-10(11)12(14)7-3-4-9(15)8-12/h1-2,5-6,9H,3-4,7-8,15H2. The summed E-state index contributed by atoms with van der Waals surface area (Å²) in [6.45, 7) is 0. The first-order chi connectivity index (χ1) is 7.12. The summed E-state index contributed by atoms with van der Waals surface area (Å²) < 4.78 is 14.7. The highest BCUT2D eigenvalue weighted by atomic mass is 35.5. The molecule has 0 amide bonds. The molecule has 82 valence electrons. The molecule has 2 unspecified atom stereocenters. The SMILES string of the molecule is NC1CCCC(F)(c2ccccc2Cl)C1. The van der Waals surface area contributed by atoms with Crippen molar-refractivity contribution in [2.45, 2.75) is 37.4 Å². The molecule has 2 rings (SSSR count). The van der Waals surface area contributed by atoms with E-state index in [-0.39, 0.29) is 6.04 Å². The van der Waals surface area contributed by atoms with E-state index in [1.165, 1.54) is 0 Å². The fourth-order valence-corrected chi connectivity index (χ4v) is 2.64. The second-order valence-corrected chi connectivity index (χ2v) is 4.71. The fourth-order valence-electron chi connectivity index (χ4n) is 2.33. The van der Waals surface area contributed by atoms with E-state index >= 15 is 0 Å². The Kier molecular flexibility index (Phi) is 2.98. The van der Waals surface area contributed by atoms with Crippen LogP contribution < -0.4 is 5.73 Å². The molecule has 1 aromatic rings. The van der Waals surface area contributed by atoms with Crippen LogP contribution in [0.3, 0.4) is 0 Å². The Morgan fingerprint density at radius 3 is 2.80 bits per heavy atom. The lowest BCUT2D eigenvalue weighted by atomic mass is 9.79. The second-order valence-electron chi connectivity index (χ2n) is 4.30. The molecule has 0 aromatic heterocycles. The molecule has 15 heavy (non-hydrogen) atoms. The first-order valence-electron chi connectivity index (χ1n) is 5.31. The maximum Gasteiger partial charge on any atom is 0.138 e. The zero-order chi connectivity index (χ0) is 10.9. The summed E-state index contributed by atoms with van der Waals surface area (Å²) in [5.41, 5.74) is 5.09. The average molecular weight is 228 g/mol. The molecule has 2 atom stereocenters. The van der Waals surface area contributed by atoms with Crippen molar-refractivity contribution >= 4 is 11.6 Å². The van der Waals surface area contributed by atoms with E-state index in [2.05, 4.69) is 0 Å². The van der Waals surface area contributed by atoms with Crippen LogP contribution in [0.5, 0.6) is 0 Å². The van der Waals surface area contributed by atoms with E-state index in [0.29, 0.717) is 23.4 Å². The minimum absolute atomic E-state index is 0.0416. The Balaban J connectivity index is 2.32. The lowest BCUT2D eigenvalue weighted by Gasteiger charge is -2.33. The van der Waals surface area contributed by atoms with Gasteiger partial charge in [-0.2, -0.15) is 0 Å². The molecule has 2 N–H and O–H groups in total. The predicted octanol–water partition coefficient (Wildman–Crippen LogP) is 3.41. The second kappa shape index (κ2) is 4.11. The first-order valence-corrected chi connectivity index (χ1v) is 5.69. The van der Waals surface area contributed by atoms with Crippen molar-refractivity contribution < 1.29 is 4.39 Å². The molecule has 1 aliphatic rings. The highest BCUT2D eigenvalue weighted by molar-refractivity contribution is 6.31. The van der Waals surface area contributed by atoms with Crippen LogP contribution in [-0.4, -0.2) is 6.04 Å². The minimum Gasteiger partial charge on any atom is -0.328 e. The molecule has 0 bridgehead atoms. The molecule has 0 aliphatic heterocycles. The van der Waals surface area contributed by atoms with E-state index in [1.54, 1.807) is 12.1 Å². The van der Waals surface area contributed by atoms with Crippen LogP contribution in [-0.2, 0) is 5.67 Å². The van der Waals surface area contributed by atoms with Crippen LogP contribution in [0.4, 0.5) is 4.39 Å². The molecule has 1 aromatic carbocycles. The third-order valence-electron chi connectivity index (χ3n) is 3.09. The van der Waals surface area contributed by atoms with Gasteiger partial charge in [-0.15, -0.1) is 0 Å². The number of rotatable bonds is 1. The van der Waals surface area contributed by atoms with Gasteiger partial charge in [0.2, 0.25) is 0 Å². The molecule has 1 fully saturated rings. The van der Waals surface area contributed by atoms with Gasteiger partial charge in [0.05, 0.1) is 0 Å². The summed E-state index contributed by atoms with van der Waals surface area (Å²) in [5, 5.41) is 0.508. The Morgan fingerprint density at radius 1 is 1.40 bits per heavy atom. The smallest absolute Gasteiger partial charge is 0.138 e. The van der Waals surface area contributed by atoms with Crippen molar-refractivity contribution in [2.75, 3.05) is 0 Å². The third kappa shape index (κ3) is 2.16. The van der Waals surface area contributed by atoms with Crippen molar-refractivity contribution in [3.8, 4) is 0 Å². The van der Waals surface area contributed by atoms with Crippen LogP contribution in [0, 0.1) is 0 Å². The van der Waals surface area contributed by atoms with Crippen molar-refractivity contribution in [2.24, 2.45) is 5.73 Å². The van der Waals surface area contributed by atoms with Crippen molar-refractivity contribution in [1.82, 2.24) is 0 Å². The van der Waals surface area contributed by atoms with Gasteiger partial charge < -0.3 is 5.73 Å². The first kappa shape index (κ1) is 10.9. The number of nitrogens with two attached hydrogens (primary N) is 1. The molecule has 0 spiro atoms. The molecule has 3 heteroatoms. The molecular weight excluding hydrogens is 213 g/mol. The van der Waals surface area contributed by atoms with Gasteiger partial charge in [-0.1, -0.05) is 29.8 Å². The summed E-state index contributed by atoms with van der Waals surface area (Å²) >= 11 is 6.01. The van der Waals surface area contributed by atoms with E-state index in [1.807, 2.05) is 12.1 Å². The molecule has 1 nitrogen and oxygen atoms in total. The monoisotopic (exact) mass is 227 g/mol. The van der Waals surface area contributed by atoms with E-state index < -0.39 is 5.67 Å². The van der Waals surface area contributed by atoms with Gasteiger partial charge in [0, 0.05) is 23.0 Å². The molecule has 0 saturated heterocycles. The summed E-state index contributed by atoms with van der Waals surface area (Å²) in [6, 6.07) is 7.10. The quantitative estimate of drug-likeness (QED) is 0.782. The van der Waals surface area contributed by atoms with Crippen LogP contribution in [0.25, 0.3) is 0 Å². The van der Waals surface area contributed by atoms with Crippen molar-refractivity contribution in [3.63, 3.8) is 0 Å². The highest BCUT2D eigenvalue weighted by Crippen LogP contribution is 2.42. The number of hydrogen-bond acceptors (Lipinski definition) is 1. The van der Waals surface area contributed by atoms with E-state index in [0.717, 1.165) is 12.8 Å². The molecule has 1 aliphatic carbocycles. The summed E-state index contributed by atoms with van der Waals surface area (Å²) in [7, 11) is 0. The highest BCUT2D eigenvalue weighted by Gasteiger charge is 2.38. The van der Waals surface area contributed by atoms with Crippen molar-refractivity contribution in [3.05, 3.63) is 34.9 Å². The fraction of sp³-hybridized carbons (Fsp3) is 0.500. The summed E-state index contributed by atoms with van der Waals surface area (Å²) in [6.07, 6.45) is 2.67. The molecule has 1 saturated carbocycles. The molecule has 0 heterocycles. The lowest BCUT2D eigenvalue weighted by molar-refractivity contribution is 0.0949. The lowest BCUT2D eigenvalue weighted by Crippen LogP contribution is -2.36. The van der Waals surface area contributed by atoms with Gasteiger partial charge in [-0.3, -0.25) is 0 Å². The summed E-state index contributed by atoms with van der Waals surface area (Å²) in [4.78, 5) is 0. The van der Waals surface area contributed by atoms with Crippen LogP contribution in [0.1, 0.15) is 31.2 Å². The number of benzene rings is 1. The predicted molar refractivity (Wildman–Crippen MR) is 60.7 cm³/mol. The van der Waals surface area contributed by atoms with E-state index in [4.69, 9.17) is 17.3 Å². The van der Waals surface area contributed by atoms with Gasteiger partial charge in [-0.25, -0.2) is 4.39 Å². The van der Waals surface area contributed by atoms with Crippen LogP contribution in [0.15, 0.2) is 24.3 Å². The Bertz CT molecular complexity index is 355. The third-order valence-corrected chi connectivity index (χ3v) is 3.42. The topological polar surface area (TPSA) is 26.0 Å². The van der Waals surface area contributed by atoms with E-state index in [9.17, 15) is 4.39 Å². The van der Waals surface area contributed by atoms with Gasteiger partial charge in [-0.05, 0) is 25.3 Å². The zero-order valence-electron chi connectivity index (χ0n) is 8.55. The molecular formula is C12H15ClFN. The van der Waals surface area contributed by atoms with Crippen molar-refractivity contribution in [1.29, 1.82) is 0 Å². The maximum atomic E-state index is 14.7. The maximum absolute atomic E-state index is 14.7. The minimum atomic E-state index is -1.32. The summed E-state index contributed by atoms with van der Waals surface area (Å²) in [5.74, 6) is 0. The zero-order valence-corrected chi connectivity index (χ0v) is 9.30. The Hall–Kier alpha value is -0.600. The Morgan fingerprint density at radius 2 is 2.13 bits per heavy atom. The Labute approximate surface area is 94.4 Å². The van der Waals surface area contributed by atoms with Crippen LogP contribution in [0.2, 0.25) is 5.02 Å². The largest absolute Gasteiger partial charge is 0.328 e. The van der Waals surface area contributed by atoms with Gasteiger partial charge in [0.15, 0.2) is 0 Å². The normalized spacial score (nSPS) is 31.5. The molecule has 0 radical (unpaired) electrons. The average Bonchev–Trinajstić information content (AvgIpc) is 2.17. The van der Waals surface area contributed by atoms with Gasteiger partial charge in [0.1, 0.15) is 5.67 Å². The van der Waals surface area contributed by atoms with Gasteiger partial charge >= 0.3 is 0 Å². The number of hydrogen-bond donors (Lipinski definition) is 1. The number of halogens is 2. The van der Waals surface area contributed by atoms with Gasteiger partial charge in [0.25, 0.3) is 0 Å². The van der Waals surface area contributed by atoms with Crippen LogP contribution >= 0.6 is 11.6 Å². The number of alkyl halides is 1.